The molecule has 2 rings (SSSR count). The van der Waals surface area contributed by atoms with Gasteiger partial charge in [0.2, 0.25) is 0 Å². The molecule has 30 heavy (non-hydrogen) atoms. The van der Waals surface area contributed by atoms with Crippen molar-refractivity contribution in [3.05, 3.63) is 0 Å². The number of rotatable bonds is 2. The van der Waals surface area contributed by atoms with Gasteiger partial charge < -0.3 is 29.4 Å². The van der Waals surface area contributed by atoms with Crippen LogP contribution in [0.4, 0.5) is 0 Å². The van der Waals surface area contributed by atoms with Gasteiger partial charge in [0.25, 0.3) is 0 Å². The van der Waals surface area contributed by atoms with Gasteiger partial charge in [0.05, 0.1) is 54.4 Å². The minimum Gasteiger partial charge on any atom is -0.390 e. The summed E-state index contributed by atoms with van der Waals surface area (Å²) in [4.78, 5) is 0. The smallest absolute Gasteiger partial charge is 0.144 e. The number of aliphatic hydroxyl groups excluding tert-OH is 4. The fraction of sp³-hybridized carbons (Fsp3) is 1.00. The van der Waals surface area contributed by atoms with Gasteiger partial charge in [-0.25, -0.2) is 0 Å². The van der Waals surface area contributed by atoms with Crippen LogP contribution in [0.15, 0.2) is 0 Å². The Bertz CT molecular complexity index is 464. The van der Waals surface area contributed by atoms with Crippen molar-refractivity contribution in [1.29, 1.82) is 0 Å². The molecule has 10 unspecified atom stereocenters. The van der Waals surface area contributed by atoms with Gasteiger partial charge in [0.1, 0.15) is 24.4 Å². The van der Waals surface area contributed by atoms with E-state index in [-0.39, 0.29) is 0 Å². The van der Waals surface area contributed by atoms with E-state index in [0.29, 0.717) is 4.48 Å². The SMILES string of the molecule is CC1C(C)C(C)[C@@H](C)C([N+](C)(C)C)C1C.CC1C(O)C(O)C(O)C([N+](C)(C)C)[C@@H]1O. The maximum Gasteiger partial charge on any atom is 0.144 e. The van der Waals surface area contributed by atoms with Crippen LogP contribution in [-0.4, -0.2) is 108 Å². The quantitative estimate of drug-likeness (QED) is 0.498. The summed E-state index contributed by atoms with van der Waals surface area (Å²) in [7, 11) is 12.6. The van der Waals surface area contributed by atoms with Gasteiger partial charge in [-0.3, -0.25) is 0 Å². The molecule has 2 fully saturated rings. The topological polar surface area (TPSA) is 80.9 Å². The van der Waals surface area contributed by atoms with Crippen LogP contribution in [0.25, 0.3) is 0 Å². The lowest BCUT2D eigenvalue weighted by molar-refractivity contribution is -0.906. The Morgan fingerprint density at radius 2 is 0.700 bits per heavy atom. The van der Waals surface area contributed by atoms with Crippen LogP contribution in [0.3, 0.4) is 0 Å². The van der Waals surface area contributed by atoms with Gasteiger partial charge in [-0.2, -0.15) is 0 Å². The molecule has 0 aromatic heterocycles. The highest BCUT2D eigenvalue weighted by Gasteiger charge is 2.52. The van der Waals surface area contributed by atoms with E-state index in [9.17, 15) is 20.4 Å². The van der Waals surface area contributed by atoms with Crippen LogP contribution in [0.5, 0.6) is 0 Å². The predicted molar refractivity (Wildman–Crippen MR) is 123 cm³/mol. The Morgan fingerprint density at radius 1 is 0.367 bits per heavy atom. The second kappa shape index (κ2) is 9.72. The molecule has 0 amide bonds. The largest absolute Gasteiger partial charge is 0.390 e. The standard InChI is InChI=1S/C14H30N.C10H22NO4/c1-9-10(2)12(4)14(15(6,7)8)13(5)11(9)3;1-5-7(12)6(11(2,3)4)9(14)10(15)8(5)13/h9-14H,1-8H3;5-10,12-15H,1-4H3/q2*+1/t9?,10?,11?,12-,13?,14?;5?,6?,7-,8?,9?,10?/m11/s1. The van der Waals surface area contributed by atoms with E-state index < -0.39 is 36.4 Å². The molecule has 2 saturated carbocycles. The van der Waals surface area contributed by atoms with Crippen molar-refractivity contribution >= 4 is 0 Å². The zero-order valence-electron chi connectivity index (χ0n) is 21.6. The van der Waals surface area contributed by atoms with Crippen LogP contribution in [0.1, 0.15) is 41.5 Å². The lowest BCUT2D eigenvalue weighted by Crippen LogP contribution is -2.69. The molecule has 0 heterocycles. The first-order valence-corrected chi connectivity index (χ1v) is 11.7. The number of hydrogen-bond acceptors (Lipinski definition) is 4. The summed E-state index contributed by atoms with van der Waals surface area (Å²) in [6.07, 6.45) is -4.19. The maximum absolute atomic E-state index is 9.98. The van der Waals surface area contributed by atoms with E-state index in [0.717, 1.165) is 40.1 Å². The van der Waals surface area contributed by atoms with Crippen LogP contribution in [0, 0.1) is 35.5 Å². The van der Waals surface area contributed by atoms with Gasteiger partial charge in [-0.15, -0.1) is 0 Å². The van der Waals surface area contributed by atoms with E-state index in [2.05, 4.69) is 55.8 Å². The molecule has 0 spiro atoms. The molecule has 12 atom stereocenters. The fourth-order valence-corrected chi connectivity index (χ4v) is 6.29. The van der Waals surface area contributed by atoms with E-state index in [1.807, 2.05) is 21.1 Å². The van der Waals surface area contributed by atoms with Gasteiger partial charge >= 0.3 is 0 Å². The van der Waals surface area contributed by atoms with E-state index in [1.165, 1.54) is 0 Å². The lowest BCUT2D eigenvalue weighted by atomic mass is 9.61. The fourth-order valence-electron chi connectivity index (χ4n) is 6.29. The first-order chi connectivity index (χ1) is 13.4. The van der Waals surface area contributed by atoms with E-state index >= 15 is 0 Å². The molecule has 0 bridgehead atoms. The maximum atomic E-state index is 9.98. The number of likely N-dealkylation sites (N-methyl/N-ethyl adjacent to an activating group) is 1. The van der Waals surface area contributed by atoms with Crippen molar-refractivity contribution in [1.82, 2.24) is 0 Å². The lowest BCUT2D eigenvalue weighted by Gasteiger charge is -2.52. The van der Waals surface area contributed by atoms with Crippen LogP contribution < -0.4 is 0 Å². The second-order valence-corrected chi connectivity index (χ2v) is 12.3. The number of quaternary nitrogens is 2. The Labute approximate surface area is 185 Å². The number of aliphatic hydroxyl groups is 4. The number of nitrogens with zero attached hydrogens (tertiary/aromatic N) is 2. The molecule has 0 aromatic carbocycles. The summed E-state index contributed by atoms with van der Waals surface area (Å²) < 4.78 is 1.46. The van der Waals surface area contributed by atoms with Crippen molar-refractivity contribution in [3.63, 3.8) is 0 Å². The molecular formula is C24H52N2O4+2. The van der Waals surface area contributed by atoms with Crippen molar-refractivity contribution in [2.45, 2.75) is 78.0 Å². The normalized spacial score (nSPS) is 48.0. The zero-order chi connectivity index (χ0) is 23.9. The average molecular weight is 433 g/mol. The Balaban J connectivity index is 0.000000300. The molecule has 6 nitrogen and oxygen atoms in total. The van der Waals surface area contributed by atoms with Gasteiger partial charge in [-0.1, -0.05) is 41.5 Å². The summed E-state index contributed by atoms with van der Waals surface area (Å²) >= 11 is 0. The third-order valence-corrected chi connectivity index (χ3v) is 8.66. The molecule has 180 valence electrons. The molecule has 6 heteroatoms. The van der Waals surface area contributed by atoms with Gasteiger partial charge in [0.15, 0.2) is 0 Å². The third-order valence-electron chi connectivity index (χ3n) is 8.66. The predicted octanol–water partition coefficient (Wildman–Crippen LogP) is 1.41. The highest BCUT2D eigenvalue weighted by Crippen LogP contribution is 2.44. The molecule has 4 N–H and O–H groups in total. The molecule has 0 aliphatic heterocycles. The molecule has 2 aliphatic carbocycles. The molecule has 2 aliphatic rings. The Kier molecular flexibility index (Phi) is 9.00. The van der Waals surface area contributed by atoms with Crippen molar-refractivity contribution in [2.24, 2.45) is 35.5 Å². The van der Waals surface area contributed by atoms with Gasteiger partial charge in [-0.05, 0) is 17.8 Å². The van der Waals surface area contributed by atoms with Crippen LogP contribution >= 0.6 is 0 Å². The minimum atomic E-state index is -1.19. The average Bonchev–Trinajstić information content (AvgIpc) is 2.60. The summed E-state index contributed by atoms with van der Waals surface area (Å²) in [5.41, 5.74) is 0. The Morgan fingerprint density at radius 3 is 1.03 bits per heavy atom. The molecule has 0 radical (unpaired) electrons. The summed E-state index contributed by atoms with van der Waals surface area (Å²) in [6.45, 7) is 13.9. The van der Waals surface area contributed by atoms with Crippen LogP contribution in [0.2, 0.25) is 0 Å². The van der Waals surface area contributed by atoms with E-state index in [1.54, 1.807) is 6.92 Å². The van der Waals surface area contributed by atoms with Crippen molar-refractivity contribution < 1.29 is 29.4 Å². The summed E-state index contributed by atoms with van der Waals surface area (Å²) in [5.74, 6) is 3.83. The minimum absolute atomic E-state index is 0.344. The molecule has 0 saturated heterocycles. The second-order valence-electron chi connectivity index (χ2n) is 12.3. The Hall–Kier alpha value is -0.240. The molecule has 0 aromatic rings. The summed E-state index contributed by atoms with van der Waals surface area (Å²) in [5, 5.41) is 39.1. The van der Waals surface area contributed by atoms with E-state index in [4.69, 9.17) is 0 Å². The monoisotopic (exact) mass is 432 g/mol. The zero-order valence-corrected chi connectivity index (χ0v) is 21.6. The molecular weight excluding hydrogens is 380 g/mol. The first-order valence-electron chi connectivity index (χ1n) is 11.7. The first kappa shape index (κ1) is 27.8. The highest BCUT2D eigenvalue weighted by atomic mass is 16.4. The van der Waals surface area contributed by atoms with Crippen molar-refractivity contribution in [2.75, 3.05) is 42.3 Å². The number of hydrogen-bond donors (Lipinski definition) is 4. The third kappa shape index (κ3) is 5.57. The van der Waals surface area contributed by atoms with Crippen molar-refractivity contribution in [3.8, 4) is 0 Å². The highest BCUT2D eigenvalue weighted by molar-refractivity contribution is 4.97. The summed E-state index contributed by atoms with van der Waals surface area (Å²) in [6, 6.07) is 0.324. The van der Waals surface area contributed by atoms with Crippen LogP contribution in [-0.2, 0) is 0 Å². The van der Waals surface area contributed by atoms with Gasteiger partial charge in [0, 0.05) is 17.8 Å².